The molecule has 2 unspecified atom stereocenters. The third-order valence-electron chi connectivity index (χ3n) is 4.44. The van der Waals surface area contributed by atoms with Crippen LogP contribution >= 0.6 is 0 Å². The second-order valence-corrected chi connectivity index (χ2v) is 5.31. The van der Waals surface area contributed by atoms with Gasteiger partial charge in [-0.05, 0) is 31.7 Å². The Labute approximate surface area is 88.7 Å². The van der Waals surface area contributed by atoms with Gasteiger partial charge in [-0.25, -0.2) is 0 Å². The monoisotopic (exact) mass is 195 g/mol. The molecule has 1 N–H and O–H groups in total. The number of rotatable bonds is 2. The van der Waals surface area contributed by atoms with Crippen LogP contribution in [0.3, 0.4) is 0 Å². The molecule has 0 heterocycles. The quantitative estimate of drug-likeness (QED) is 0.666. The van der Waals surface area contributed by atoms with Crippen molar-refractivity contribution >= 4 is 0 Å². The van der Waals surface area contributed by atoms with E-state index in [1.807, 2.05) is 0 Å². The molecule has 0 aliphatic heterocycles. The maximum absolute atomic E-state index is 3.50. The summed E-state index contributed by atoms with van der Waals surface area (Å²) < 4.78 is 0. The smallest absolute Gasteiger partial charge is 0.00668 e. The summed E-state index contributed by atoms with van der Waals surface area (Å²) in [4.78, 5) is 0. The summed E-state index contributed by atoms with van der Waals surface area (Å²) in [6.45, 7) is 0. The van der Waals surface area contributed by atoms with Gasteiger partial charge in [0.05, 0.1) is 0 Å². The van der Waals surface area contributed by atoms with E-state index in [9.17, 15) is 0 Å². The van der Waals surface area contributed by atoms with Crippen LogP contribution in [0, 0.1) is 11.8 Å². The molecule has 2 aliphatic carbocycles. The number of hydrogen-bond acceptors (Lipinski definition) is 1. The summed E-state index contributed by atoms with van der Waals surface area (Å²) >= 11 is 0. The first-order valence-electron chi connectivity index (χ1n) is 6.57. The first-order chi connectivity index (χ1) is 6.90. The molecule has 1 heteroatoms. The van der Waals surface area contributed by atoms with Crippen molar-refractivity contribution in [3.63, 3.8) is 0 Å². The van der Waals surface area contributed by atoms with Crippen LogP contribution in [0.5, 0.6) is 0 Å². The predicted molar refractivity (Wildman–Crippen MR) is 61.4 cm³/mol. The van der Waals surface area contributed by atoms with Gasteiger partial charge in [0.15, 0.2) is 0 Å². The van der Waals surface area contributed by atoms with Crippen LogP contribution in [-0.2, 0) is 0 Å². The molecule has 14 heavy (non-hydrogen) atoms. The number of nitrogens with one attached hydrogen (secondary N) is 1. The topological polar surface area (TPSA) is 12.0 Å². The summed E-state index contributed by atoms with van der Waals surface area (Å²) in [5.41, 5.74) is 0. The molecule has 2 atom stereocenters. The Morgan fingerprint density at radius 3 is 2.00 bits per heavy atom. The summed E-state index contributed by atoms with van der Waals surface area (Å²) in [5.74, 6) is 2.14. The zero-order chi connectivity index (χ0) is 9.80. The first kappa shape index (κ1) is 10.5. The molecule has 2 fully saturated rings. The summed E-state index contributed by atoms with van der Waals surface area (Å²) in [5, 5.41) is 3.50. The van der Waals surface area contributed by atoms with Gasteiger partial charge in [-0.15, -0.1) is 0 Å². The van der Waals surface area contributed by atoms with Crippen molar-refractivity contribution in [1.29, 1.82) is 0 Å². The minimum absolute atomic E-state index is 0.822. The van der Waals surface area contributed by atoms with Gasteiger partial charge in [-0.2, -0.15) is 0 Å². The van der Waals surface area contributed by atoms with Crippen LogP contribution in [0.4, 0.5) is 0 Å². The van der Waals surface area contributed by atoms with Crippen molar-refractivity contribution < 1.29 is 0 Å². The lowest BCUT2D eigenvalue weighted by atomic mass is 9.84. The Bertz CT molecular complexity index is 161. The second-order valence-electron chi connectivity index (χ2n) is 5.31. The van der Waals surface area contributed by atoms with Crippen molar-refractivity contribution in [3.05, 3.63) is 0 Å². The third-order valence-corrected chi connectivity index (χ3v) is 4.44. The molecule has 0 aromatic rings. The molecule has 2 rings (SSSR count). The summed E-state index contributed by atoms with van der Waals surface area (Å²) in [6.07, 6.45) is 13.4. The van der Waals surface area contributed by atoms with Crippen molar-refractivity contribution in [3.8, 4) is 0 Å². The fraction of sp³-hybridized carbons (Fsp3) is 1.00. The second kappa shape index (κ2) is 5.16. The maximum atomic E-state index is 3.50. The van der Waals surface area contributed by atoms with Gasteiger partial charge in [0.25, 0.3) is 0 Å². The van der Waals surface area contributed by atoms with Crippen molar-refractivity contribution in [2.45, 2.75) is 63.8 Å². The summed E-state index contributed by atoms with van der Waals surface area (Å²) in [6, 6.07) is 0.822. The largest absolute Gasteiger partial charge is 0.317 e. The van der Waals surface area contributed by atoms with Gasteiger partial charge < -0.3 is 5.32 Å². The van der Waals surface area contributed by atoms with Crippen LogP contribution in [0.1, 0.15) is 57.8 Å². The molecule has 0 radical (unpaired) electrons. The molecule has 0 aromatic heterocycles. The molecule has 1 nitrogen and oxygen atoms in total. The van der Waals surface area contributed by atoms with E-state index >= 15 is 0 Å². The minimum atomic E-state index is 0.822. The van der Waals surface area contributed by atoms with Crippen molar-refractivity contribution in [2.75, 3.05) is 7.05 Å². The van der Waals surface area contributed by atoms with Crippen LogP contribution < -0.4 is 5.32 Å². The Balaban J connectivity index is 1.88. The van der Waals surface area contributed by atoms with E-state index < -0.39 is 0 Å². The van der Waals surface area contributed by atoms with Gasteiger partial charge in [-0.1, -0.05) is 44.9 Å². The standard InChI is InChI=1S/C13H25N/c1-14-13-9-5-4-8-12(10-13)11-6-2-3-7-11/h11-14H,2-10H2,1H3. The van der Waals surface area contributed by atoms with Crippen LogP contribution in [0.15, 0.2) is 0 Å². The highest BCUT2D eigenvalue weighted by Crippen LogP contribution is 2.38. The van der Waals surface area contributed by atoms with E-state index in [2.05, 4.69) is 12.4 Å². The van der Waals surface area contributed by atoms with E-state index in [1.54, 1.807) is 0 Å². The SMILES string of the molecule is CNC1CCCCC(C2CCCC2)C1. The zero-order valence-electron chi connectivity index (χ0n) is 9.60. The summed E-state index contributed by atoms with van der Waals surface area (Å²) in [7, 11) is 2.14. The van der Waals surface area contributed by atoms with Gasteiger partial charge in [0.2, 0.25) is 0 Å². The first-order valence-corrected chi connectivity index (χ1v) is 6.57. The fourth-order valence-electron chi connectivity index (χ4n) is 3.52. The highest BCUT2D eigenvalue weighted by molar-refractivity contribution is 4.82. The molecule has 2 aliphatic rings. The van der Waals surface area contributed by atoms with E-state index in [4.69, 9.17) is 0 Å². The van der Waals surface area contributed by atoms with Gasteiger partial charge >= 0.3 is 0 Å². The number of hydrogen-bond donors (Lipinski definition) is 1. The van der Waals surface area contributed by atoms with Gasteiger partial charge in [-0.3, -0.25) is 0 Å². The molecule has 0 spiro atoms. The molecular weight excluding hydrogens is 170 g/mol. The molecular formula is C13H25N. The lowest BCUT2D eigenvalue weighted by Crippen LogP contribution is -2.28. The van der Waals surface area contributed by atoms with Gasteiger partial charge in [0, 0.05) is 6.04 Å². The van der Waals surface area contributed by atoms with Crippen LogP contribution in [-0.4, -0.2) is 13.1 Å². The van der Waals surface area contributed by atoms with Gasteiger partial charge in [0.1, 0.15) is 0 Å². The molecule has 0 saturated heterocycles. The van der Waals surface area contributed by atoms with Crippen LogP contribution in [0.2, 0.25) is 0 Å². The average molecular weight is 195 g/mol. The Morgan fingerprint density at radius 2 is 1.36 bits per heavy atom. The minimum Gasteiger partial charge on any atom is -0.317 e. The van der Waals surface area contributed by atoms with Crippen molar-refractivity contribution in [1.82, 2.24) is 5.32 Å². The fourth-order valence-corrected chi connectivity index (χ4v) is 3.52. The molecule has 82 valence electrons. The zero-order valence-corrected chi connectivity index (χ0v) is 9.60. The van der Waals surface area contributed by atoms with Crippen LogP contribution in [0.25, 0.3) is 0 Å². The Morgan fingerprint density at radius 1 is 0.786 bits per heavy atom. The molecule has 0 amide bonds. The lowest BCUT2D eigenvalue weighted by molar-refractivity contribution is 0.283. The molecule has 0 bridgehead atoms. The predicted octanol–water partition coefficient (Wildman–Crippen LogP) is 3.34. The van der Waals surface area contributed by atoms with Crippen molar-refractivity contribution in [2.24, 2.45) is 11.8 Å². The normalized spacial score (nSPS) is 35.8. The van der Waals surface area contributed by atoms with E-state index in [1.165, 1.54) is 57.8 Å². The molecule has 2 saturated carbocycles. The van der Waals surface area contributed by atoms with E-state index in [0.717, 1.165) is 17.9 Å². The highest BCUT2D eigenvalue weighted by Gasteiger charge is 2.28. The van der Waals surface area contributed by atoms with E-state index in [-0.39, 0.29) is 0 Å². The lowest BCUT2D eigenvalue weighted by Gasteiger charge is -2.24. The highest BCUT2D eigenvalue weighted by atomic mass is 14.9. The Kier molecular flexibility index (Phi) is 3.86. The van der Waals surface area contributed by atoms with E-state index in [0.29, 0.717) is 0 Å². The Hall–Kier alpha value is -0.0400. The maximum Gasteiger partial charge on any atom is 0.00668 e. The average Bonchev–Trinajstić information content (AvgIpc) is 2.63. The molecule has 0 aromatic carbocycles. The third kappa shape index (κ3) is 2.50.